The van der Waals surface area contributed by atoms with Crippen molar-refractivity contribution in [2.75, 3.05) is 5.88 Å². The zero-order valence-electron chi connectivity index (χ0n) is 12.5. The van der Waals surface area contributed by atoms with Crippen molar-refractivity contribution in [1.29, 1.82) is 0 Å². The van der Waals surface area contributed by atoms with E-state index < -0.39 is 0 Å². The third-order valence-electron chi connectivity index (χ3n) is 5.13. The molecular weight excluding hydrogens is 348 g/mol. The molecule has 2 atom stereocenters. The standard InChI is InChI=1S/C18H24BrClO/c19-17-6-2-1-5-15(17)11-14(13-20)12-16-7-10-18(21-16)8-3-4-9-18/h1-2,5-6,14,16H,3-4,7-13H2. The van der Waals surface area contributed by atoms with Gasteiger partial charge in [0.05, 0.1) is 11.7 Å². The van der Waals surface area contributed by atoms with Crippen LogP contribution >= 0.6 is 27.5 Å². The average Bonchev–Trinajstić information content (AvgIpc) is 3.11. The molecule has 1 heterocycles. The Morgan fingerprint density at radius 3 is 2.71 bits per heavy atom. The monoisotopic (exact) mass is 370 g/mol. The molecule has 116 valence electrons. The van der Waals surface area contributed by atoms with E-state index in [0.717, 1.165) is 12.8 Å². The highest BCUT2D eigenvalue weighted by Crippen LogP contribution is 2.44. The van der Waals surface area contributed by atoms with Crippen LogP contribution in [0.1, 0.15) is 50.5 Å². The van der Waals surface area contributed by atoms with Crippen LogP contribution < -0.4 is 0 Å². The van der Waals surface area contributed by atoms with E-state index in [2.05, 4.69) is 40.2 Å². The summed E-state index contributed by atoms with van der Waals surface area (Å²) < 4.78 is 7.63. The first kappa shape index (κ1) is 15.8. The van der Waals surface area contributed by atoms with Crippen LogP contribution in [0.5, 0.6) is 0 Å². The number of alkyl halides is 1. The van der Waals surface area contributed by atoms with Crippen molar-refractivity contribution >= 4 is 27.5 Å². The topological polar surface area (TPSA) is 9.23 Å². The first-order chi connectivity index (χ1) is 10.2. The van der Waals surface area contributed by atoms with Gasteiger partial charge >= 0.3 is 0 Å². The average molecular weight is 372 g/mol. The van der Waals surface area contributed by atoms with Gasteiger partial charge in [-0.2, -0.15) is 0 Å². The summed E-state index contributed by atoms with van der Waals surface area (Å²) in [6.45, 7) is 0. The van der Waals surface area contributed by atoms with Gasteiger partial charge in [-0.1, -0.05) is 47.0 Å². The van der Waals surface area contributed by atoms with Gasteiger partial charge in [-0.05, 0) is 56.1 Å². The SMILES string of the molecule is ClCC(Cc1ccccc1Br)CC1CCC2(CCCC2)O1. The normalized spacial score (nSPS) is 25.5. The largest absolute Gasteiger partial charge is 0.372 e. The molecule has 1 aromatic carbocycles. The maximum absolute atomic E-state index is 6.44. The van der Waals surface area contributed by atoms with Crippen LogP contribution in [0.3, 0.4) is 0 Å². The van der Waals surface area contributed by atoms with Gasteiger partial charge in [-0.3, -0.25) is 0 Å². The van der Waals surface area contributed by atoms with Crippen molar-refractivity contribution < 1.29 is 4.74 Å². The third kappa shape index (κ3) is 3.83. The molecule has 2 unspecified atom stereocenters. The summed E-state index contributed by atoms with van der Waals surface area (Å²) in [6, 6.07) is 8.47. The van der Waals surface area contributed by atoms with Crippen molar-refractivity contribution in [1.82, 2.24) is 0 Å². The van der Waals surface area contributed by atoms with Crippen molar-refractivity contribution in [3.63, 3.8) is 0 Å². The molecule has 1 aliphatic carbocycles. The van der Waals surface area contributed by atoms with Gasteiger partial charge in [0, 0.05) is 10.4 Å². The molecule has 21 heavy (non-hydrogen) atoms. The zero-order valence-corrected chi connectivity index (χ0v) is 14.8. The van der Waals surface area contributed by atoms with Crippen LogP contribution in [0.25, 0.3) is 0 Å². The minimum absolute atomic E-state index is 0.245. The molecule has 3 heteroatoms. The number of hydrogen-bond acceptors (Lipinski definition) is 1. The van der Waals surface area contributed by atoms with E-state index in [4.69, 9.17) is 16.3 Å². The Kier molecular flexibility index (Phi) is 5.29. The van der Waals surface area contributed by atoms with E-state index in [1.807, 2.05) is 0 Å². The van der Waals surface area contributed by atoms with E-state index in [9.17, 15) is 0 Å². The number of ether oxygens (including phenoxy) is 1. The van der Waals surface area contributed by atoms with Crippen LogP contribution in [0.15, 0.2) is 28.7 Å². The van der Waals surface area contributed by atoms with Crippen LogP contribution in [0, 0.1) is 5.92 Å². The Morgan fingerprint density at radius 2 is 2.00 bits per heavy atom. The lowest BCUT2D eigenvalue weighted by Gasteiger charge is -2.25. The van der Waals surface area contributed by atoms with Crippen LogP contribution in [0.2, 0.25) is 0 Å². The van der Waals surface area contributed by atoms with E-state index in [-0.39, 0.29) is 5.60 Å². The van der Waals surface area contributed by atoms with Gasteiger partial charge in [0.2, 0.25) is 0 Å². The summed E-state index contributed by atoms with van der Waals surface area (Å²) in [4.78, 5) is 0. The van der Waals surface area contributed by atoms with Gasteiger partial charge in [0.15, 0.2) is 0 Å². The predicted octanol–water partition coefficient (Wildman–Crippen LogP) is 5.73. The predicted molar refractivity (Wildman–Crippen MR) is 92.0 cm³/mol. The number of benzene rings is 1. The second-order valence-electron chi connectivity index (χ2n) is 6.72. The molecule has 1 aromatic rings. The molecule has 0 N–H and O–H groups in total. The Balaban J connectivity index is 1.57. The zero-order chi connectivity index (χ0) is 14.7. The molecule has 1 saturated heterocycles. The van der Waals surface area contributed by atoms with Crippen molar-refractivity contribution in [3.05, 3.63) is 34.3 Å². The molecule has 1 aliphatic heterocycles. The molecule has 0 radical (unpaired) electrons. The second kappa shape index (κ2) is 7.02. The first-order valence-electron chi connectivity index (χ1n) is 8.18. The molecule has 2 fully saturated rings. The molecule has 0 bridgehead atoms. The lowest BCUT2D eigenvalue weighted by atomic mass is 9.93. The first-order valence-corrected chi connectivity index (χ1v) is 9.51. The Bertz CT molecular complexity index is 470. The van der Waals surface area contributed by atoms with Crippen molar-refractivity contribution in [2.24, 2.45) is 5.92 Å². The van der Waals surface area contributed by atoms with Crippen LogP contribution in [0.4, 0.5) is 0 Å². The van der Waals surface area contributed by atoms with Gasteiger partial charge in [0.25, 0.3) is 0 Å². The lowest BCUT2D eigenvalue weighted by Crippen LogP contribution is -2.26. The molecule has 1 spiro atoms. The third-order valence-corrected chi connectivity index (χ3v) is 6.34. The van der Waals surface area contributed by atoms with E-state index >= 15 is 0 Å². The molecule has 1 saturated carbocycles. The molecule has 0 amide bonds. The summed E-state index contributed by atoms with van der Waals surface area (Å²) in [5, 5.41) is 0. The maximum Gasteiger partial charge on any atom is 0.0687 e. The fourth-order valence-electron chi connectivity index (χ4n) is 4.00. The summed E-state index contributed by atoms with van der Waals surface area (Å²) in [5.41, 5.74) is 1.60. The highest BCUT2D eigenvalue weighted by atomic mass is 79.9. The van der Waals surface area contributed by atoms with Crippen LogP contribution in [-0.4, -0.2) is 17.6 Å². The Labute approximate surface area is 141 Å². The fourth-order valence-corrected chi connectivity index (χ4v) is 4.68. The van der Waals surface area contributed by atoms with E-state index in [0.29, 0.717) is 17.9 Å². The number of rotatable bonds is 5. The number of halogens is 2. The smallest absolute Gasteiger partial charge is 0.0687 e. The molecule has 2 aliphatic rings. The number of hydrogen-bond donors (Lipinski definition) is 0. The van der Waals surface area contributed by atoms with Gasteiger partial charge in [0.1, 0.15) is 0 Å². The summed E-state index contributed by atoms with van der Waals surface area (Å²) in [6.07, 6.45) is 10.3. The van der Waals surface area contributed by atoms with E-state index in [1.54, 1.807) is 0 Å². The second-order valence-corrected chi connectivity index (χ2v) is 7.88. The van der Waals surface area contributed by atoms with Crippen molar-refractivity contribution in [2.45, 2.75) is 63.1 Å². The lowest BCUT2D eigenvalue weighted by molar-refractivity contribution is -0.0432. The Morgan fingerprint density at radius 1 is 1.24 bits per heavy atom. The Hall–Kier alpha value is -0.0500. The van der Waals surface area contributed by atoms with E-state index in [1.165, 1.54) is 48.6 Å². The van der Waals surface area contributed by atoms with Gasteiger partial charge in [-0.25, -0.2) is 0 Å². The molecule has 1 nitrogen and oxygen atoms in total. The van der Waals surface area contributed by atoms with Gasteiger partial charge in [-0.15, -0.1) is 11.6 Å². The minimum Gasteiger partial charge on any atom is -0.372 e. The maximum atomic E-state index is 6.44. The quantitative estimate of drug-likeness (QED) is 0.601. The van der Waals surface area contributed by atoms with Crippen LogP contribution in [-0.2, 0) is 11.2 Å². The minimum atomic E-state index is 0.245. The summed E-state index contributed by atoms with van der Waals surface area (Å²) in [7, 11) is 0. The van der Waals surface area contributed by atoms with Gasteiger partial charge < -0.3 is 4.74 Å². The highest BCUT2D eigenvalue weighted by Gasteiger charge is 2.42. The highest BCUT2D eigenvalue weighted by molar-refractivity contribution is 9.10. The molecular formula is C18H24BrClO. The molecule has 3 rings (SSSR count). The molecule has 0 aromatic heterocycles. The summed E-state index contributed by atoms with van der Waals surface area (Å²) in [5.74, 6) is 1.22. The summed E-state index contributed by atoms with van der Waals surface area (Å²) >= 11 is 9.87. The van der Waals surface area contributed by atoms with Crippen molar-refractivity contribution in [3.8, 4) is 0 Å². The fraction of sp³-hybridized carbons (Fsp3) is 0.667.